The van der Waals surface area contributed by atoms with Gasteiger partial charge in [0.05, 0.1) is 13.2 Å². The molecule has 3 amide bonds. The highest BCUT2D eigenvalue weighted by molar-refractivity contribution is 5.90. The number of benzene rings is 2. The van der Waals surface area contributed by atoms with Gasteiger partial charge in [-0.3, -0.25) is 9.59 Å². The van der Waals surface area contributed by atoms with Gasteiger partial charge in [0.1, 0.15) is 11.6 Å². The van der Waals surface area contributed by atoms with Crippen LogP contribution in [-0.4, -0.2) is 49.8 Å². The summed E-state index contributed by atoms with van der Waals surface area (Å²) >= 11 is 0. The third kappa shape index (κ3) is 7.36. The number of hydrogen-bond donors (Lipinski definition) is 3. The Morgan fingerprint density at radius 1 is 1.00 bits per heavy atom. The van der Waals surface area contributed by atoms with Gasteiger partial charge in [-0.25, -0.2) is 4.79 Å². The van der Waals surface area contributed by atoms with Gasteiger partial charge in [0.2, 0.25) is 11.8 Å². The molecule has 162 valence electrons. The molecule has 30 heavy (non-hydrogen) atoms. The van der Waals surface area contributed by atoms with Crippen LogP contribution in [0, 0.1) is 0 Å². The molecule has 0 aliphatic heterocycles. The Balaban J connectivity index is 1.85. The number of alkyl carbamates (subject to hydrolysis) is 1. The summed E-state index contributed by atoms with van der Waals surface area (Å²) in [5.41, 5.74) is 0.288. The number of amides is 3. The maximum absolute atomic E-state index is 12.3. The highest BCUT2D eigenvalue weighted by atomic mass is 16.6. The predicted molar refractivity (Wildman–Crippen MR) is 114 cm³/mol. The SMILES string of the molecule is COCC(NC(=O)OC(C)(C)C)C(=O)NCC(=O)NCc1cccc2ccccc12. The first-order valence-electron chi connectivity index (χ1n) is 9.69. The Morgan fingerprint density at radius 3 is 2.40 bits per heavy atom. The van der Waals surface area contributed by atoms with Crippen LogP contribution < -0.4 is 16.0 Å². The predicted octanol–water partition coefficient (Wildman–Crippen LogP) is 2.11. The van der Waals surface area contributed by atoms with Gasteiger partial charge in [-0.05, 0) is 37.1 Å². The average Bonchev–Trinajstić information content (AvgIpc) is 2.68. The van der Waals surface area contributed by atoms with Crippen molar-refractivity contribution >= 4 is 28.7 Å². The van der Waals surface area contributed by atoms with E-state index < -0.39 is 23.6 Å². The van der Waals surface area contributed by atoms with Crippen LogP contribution in [0.25, 0.3) is 10.8 Å². The van der Waals surface area contributed by atoms with E-state index in [-0.39, 0.29) is 19.1 Å². The molecule has 0 bridgehead atoms. The molecule has 2 aromatic carbocycles. The summed E-state index contributed by atoms with van der Waals surface area (Å²) in [7, 11) is 1.41. The largest absolute Gasteiger partial charge is 0.444 e. The molecule has 1 unspecified atom stereocenters. The van der Waals surface area contributed by atoms with Gasteiger partial charge in [-0.15, -0.1) is 0 Å². The zero-order valence-electron chi connectivity index (χ0n) is 17.8. The molecule has 3 N–H and O–H groups in total. The summed E-state index contributed by atoms with van der Waals surface area (Å²) in [5, 5.41) is 9.90. The number of rotatable bonds is 8. The number of methoxy groups -OCH3 is 1. The minimum absolute atomic E-state index is 0.0529. The smallest absolute Gasteiger partial charge is 0.408 e. The molecule has 0 aliphatic carbocycles. The third-order valence-electron chi connectivity index (χ3n) is 4.12. The van der Waals surface area contributed by atoms with Gasteiger partial charge >= 0.3 is 6.09 Å². The Kier molecular flexibility index (Phi) is 8.17. The quantitative estimate of drug-likeness (QED) is 0.612. The van der Waals surface area contributed by atoms with E-state index in [1.165, 1.54) is 7.11 Å². The van der Waals surface area contributed by atoms with Crippen LogP contribution in [0.1, 0.15) is 26.3 Å². The van der Waals surface area contributed by atoms with Crippen molar-refractivity contribution in [1.82, 2.24) is 16.0 Å². The lowest BCUT2D eigenvalue weighted by molar-refractivity contribution is -0.128. The molecular weight excluding hydrogens is 386 g/mol. The standard InChI is InChI=1S/C22H29N3O5/c1-22(2,3)30-21(28)25-18(14-29-4)20(27)24-13-19(26)23-12-16-10-7-9-15-8-5-6-11-17(15)16/h5-11,18H,12-14H2,1-4H3,(H,23,26)(H,24,27)(H,25,28). The van der Waals surface area contributed by atoms with Gasteiger partial charge in [0, 0.05) is 13.7 Å². The average molecular weight is 415 g/mol. The second kappa shape index (κ2) is 10.6. The zero-order valence-corrected chi connectivity index (χ0v) is 17.8. The Bertz CT molecular complexity index is 886. The minimum Gasteiger partial charge on any atom is -0.444 e. The van der Waals surface area contributed by atoms with Gasteiger partial charge in [0.25, 0.3) is 0 Å². The fraction of sp³-hybridized carbons (Fsp3) is 0.409. The topological polar surface area (TPSA) is 106 Å². The van der Waals surface area contributed by atoms with Gasteiger partial charge in [-0.1, -0.05) is 42.5 Å². The first kappa shape index (κ1) is 23.2. The van der Waals surface area contributed by atoms with Gasteiger partial charge < -0.3 is 25.4 Å². The van der Waals surface area contributed by atoms with E-state index in [0.29, 0.717) is 6.54 Å². The Labute approximate surface area is 176 Å². The molecule has 0 saturated carbocycles. The lowest BCUT2D eigenvalue weighted by atomic mass is 10.0. The van der Waals surface area contributed by atoms with E-state index >= 15 is 0 Å². The van der Waals surface area contributed by atoms with Crippen LogP contribution in [0.3, 0.4) is 0 Å². The first-order valence-corrected chi connectivity index (χ1v) is 9.69. The molecule has 8 nitrogen and oxygen atoms in total. The van der Waals surface area contributed by atoms with E-state index in [1.54, 1.807) is 20.8 Å². The van der Waals surface area contributed by atoms with Crippen LogP contribution >= 0.6 is 0 Å². The molecule has 0 heterocycles. The number of nitrogens with one attached hydrogen (secondary N) is 3. The lowest BCUT2D eigenvalue weighted by Crippen LogP contribution is -2.52. The second-order valence-electron chi connectivity index (χ2n) is 7.79. The summed E-state index contributed by atoms with van der Waals surface area (Å²) in [6.45, 7) is 5.23. The molecule has 0 fully saturated rings. The molecule has 0 radical (unpaired) electrons. The highest BCUT2D eigenvalue weighted by Gasteiger charge is 2.24. The normalized spacial score (nSPS) is 12.1. The number of carbonyl (C=O) groups is 3. The summed E-state index contributed by atoms with van der Waals surface area (Å²) in [4.78, 5) is 36.4. The van der Waals surface area contributed by atoms with Gasteiger partial charge in [0.15, 0.2) is 0 Å². The van der Waals surface area contributed by atoms with Crippen molar-refractivity contribution < 1.29 is 23.9 Å². The van der Waals surface area contributed by atoms with Crippen molar-refractivity contribution in [3.8, 4) is 0 Å². The fourth-order valence-electron chi connectivity index (χ4n) is 2.79. The van der Waals surface area contributed by atoms with E-state index in [1.807, 2.05) is 42.5 Å². The molecule has 1 atom stereocenters. The van der Waals surface area contributed by atoms with Crippen LogP contribution in [0.15, 0.2) is 42.5 Å². The van der Waals surface area contributed by atoms with Crippen LogP contribution in [0.2, 0.25) is 0 Å². The zero-order chi connectivity index (χ0) is 22.1. The van der Waals surface area contributed by atoms with E-state index in [2.05, 4.69) is 16.0 Å². The molecule has 0 aromatic heterocycles. The summed E-state index contributed by atoms with van der Waals surface area (Å²) in [6, 6.07) is 12.8. The molecular formula is C22H29N3O5. The second-order valence-corrected chi connectivity index (χ2v) is 7.79. The maximum atomic E-state index is 12.3. The Morgan fingerprint density at radius 2 is 1.70 bits per heavy atom. The van der Waals surface area contributed by atoms with Crippen molar-refractivity contribution in [2.75, 3.05) is 20.3 Å². The third-order valence-corrected chi connectivity index (χ3v) is 4.12. The number of hydrogen-bond acceptors (Lipinski definition) is 5. The minimum atomic E-state index is -0.976. The van der Waals surface area contributed by atoms with Crippen molar-refractivity contribution in [3.05, 3.63) is 48.0 Å². The van der Waals surface area contributed by atoms with Crippen molar-refractivity contribution in [2.24, 2.45) is 0 Å². The number of fused-ring (bicyclic) bond motifs is 1. The van der Waals surface area contributed by atoms with Crippen molar-refractivity contribution in [1.29, 1.82) is 0 Å². The summed E-state index contributed by atoms with van der Waals surface area (Å²) in [6.07, 6.45) is -0.736. The molecule has 0 saturated heterocycles. The molecule has 0 aliphatic rings. The van der Waals surface area contributed by atoms with E-state index in [9.17, 15) is 14.4 Å². The van der Waals surface area contributed by atoms with E-state index in [4.69, 9.17) is 9.47 Å². The lowest BCUT2D eigenvalue weighted by Gasteiger charge is -2.23. The Hall–Kier alpha value is -3.13. The molecule has 2 aromatic rings. The molecule has 0 spiro atoms. The van der Waals surface area contributed by atoms with Crippen molar-refractivity contribution in [3.63, 3.8) is 0 Å². The number of carbonyl (C=O) groups excluding carboxylic acids is 3. The summed E-state index contributed by atoms with van der Waals surface area (Å²) in [5.74, 6) is -0.882. The molecule has 2 rings (SSSR count). The van der Waals surface area contributed by atoms with Crippen LogP contribution in [-0.2, 0) is 25.6 Å². The number of ether oxygens (including phenoxy) is 2. The molecule has 8 heteroatoms. The fourth-order valence-corrected chi connectivity index (χ4v) is 2.79. The van der Waals surface area contributed by atoms with Gasteiger partial charge in [-0.2, -0.15) is 0 Å². The summed E-state index contributed by atoms with van der Waals surface area (Å²) < 4.78 is 10.1. The maximum Gasteiger partial charge on any atom is 0.408 e. The first-order chi connectivity index (χ1) is 14.2. The van der Waals surface area contributed by atoms with Crippen LogP contribution in [0.4, 0.5) is 4.79 Å². The highest BCUT2D eigenvalue weighted by Crippen LogP contribution is 2.18. The van der Waals surface area contributed by atoms with E-state index in [0.717, 1.165) is 16.3 Å². The monoisotopic (exact) mass is 415 g/mol. The van der Waals surface area contributed by atoms with Crippen LogP contribution in [0.5, 0.6) is 0 Å². The van der Waals surface area contributed by atoms with Crippen molar-refractivity contribution in [2.45, 2.75) is 39.0 Å².